The van der Waals surface area contributed by atoms with Crippen molar-refractivity contribution in [1.82, 2.24) is 10.2 Å². The van der Waals surface area contributed by atoms with Crippen LogP contribution in [0.5, 0.6) is 5.75 Å². The van der Waals surface area contributed by atoms with Gasteiger partial charge in [0.2, 0.25) is 0 Å². The van der Waals surface area contributed by atoms with Crippen molar-refractivity contribution in [3.8, 4) is 5.75 Å². The van der Waals surface area contributed by atoms with E-state index < -0.39 is 0 Å². The molecule has 0 bridgehead atoms. The van der Waals surface area contributed by atoms with Gasteiger partial charge in [-0.3, -0.25) is 4.79 Å². The van der Waals surface area contributed by atoms with Gasteiger partial charge in [-0.1, -0.05) is 0 Å². The summed E-state index contributed by atoms with van der Waals surface area (Å²) in [6.45, 7) is 4.45. The molecular formula is C12H16N2O2. The smallest absolute Gasteiger partial charge is 0.254 e. The number of nitrogens with one attached hydrogen (secondary N) is 1. The normalized spacial score (nSPS) is 20.8. The summed E-state index contributed by atoms with van der Waals surface area (Å²) in [5, 5.41) is 12.4. The second-order valence-corrected chi connectivity index (χ2v) is 4.10. The van der Waals surface area contributed by atoms with E-state index in [1.807, 2.05) is 11.8 Å². The molecule has 0 aromatic heterocycles. The fraction of sp³-hybridized carbons (Fsp3) is 0.417. The van der Waals surface area contributed by atoms with Crippen LogP contribution in [-0.2, 0) is 0 Å². The maximum absolute atomic E-state index is 12.1. The number of hydrogen-bond acceptors (Lipinski definition) is 3. The summed E-state index contributed by atoms with van der Waals surface area (Å²) in [7, 11) is 0. The predicted octanol–water partition coefficient (Wildman–Crippen LogP) is 0.826. The lowest BCUT2D eigenvalue weighted by Crippen LogP contribution is -2.52. The van der Waals surface area contributed by atoms with Crippen molar-refractivity contribution in [3.63, 3.8) is 0 Å². The van der Waals surface area contributed by atoms with E-state index in [0.717, 1.165) is 19.6 Å². The first-order valence-corrected chi connectivity index (χ1v) is 5.49. The van der Waals surface area contributed by atoms with Crippen LogP contribution in [-0.4, -0.2) is 41.6 Å². The van der Waals surface area contributed by atoms with Crippen molar-refractivity contribution in [2.24, 2.45) is 0 Å². The Bertz CT molecular complexity index is 375. The second-order valence-electron chi connectivity index (χ2n) is 4.10. The summed E-state index contributed by atoms with van der Waals surface area (Å²) < 4.78 is 0. The zero-order valence-corrected chi connectivity index (χ0v) is 9.31. The summed E-state index contributed by atoms with van der Waals surface area (Å²) in [4.78, 5) is 14.0. The van der Waals surface area contributed by atoms with Crippen LogP contribution in [0.4, 0.5) is 0 Å². The largest absolute Gasteiger partial charge is 0.508 e. The summed E-state index contributed by atoms with van der Waals surface area (Å²) in [6, 6.07) is 6.62. The van der Waals surface area contributed by atoms with Crippen LogP contribution in [0.3, 0.4) is 0 Å². The molecule has 1 aromatic carbocycles. The SMILES string of the molecule is C[C@H]1CNCCN1C(=O)c1ccc(O)cc1. The van der Waals surface area contributed by atoms with Gasteiger partial charge in [0.1, 0.15) is 5.75 Å². The van der Waals surface area contributed by atoms with Crippen LogP contribution in [0.25, 0.3) is 0 Å². The Hall–Kier alpha value is -1.55. The molecule has 1 saturated heterocycles. The number of rotatable bonds is 1. The highest BCUT2D eigenvalue weighted by Crippen LogP contribution is 2.14. The van der Waals surface area contributed by atoms with E-state index >= 15 is 0 Å². The number of phenolic OH excluding ortho intramolecular Hbond substituents is 1. The summed E-state index contributed by atoms with van der Waals surface area (Å²) in [6.07, 6.45) is 0. The van der Waals surface area contributed by atoms with Crippen LogP contribution in [0.1, 0.15) is 17.3 Å². The van der Waals surface area contributed by atoms with Crippen LogP contribution < -0.4 is 5.32 Å². The minimum atomic E-state index is 0.0361. The summed E-state index contributed by atoms with van der Waals surface area (Å²) >= 11 is 0. The Morgan fingerprint density at radius 3 is 2.75 bits per heavy atom. The first-order valence-electron chi connectivity index (χ1n) is 5.49. The first-order chi connectivity index (χ1) is 7.68. The number of amides is 1. The van der Waals surface area contributed by atoms with E-state index in [1.54, 1.807) is 24.3 Å². The quantitative estimate of drug-likeness (QED) is 0.737. The third kappa shape index (κ3) is 2.17. The first kappa shape index (κ1) is 11.0. The molecule has 4 nitrogen and oxygen atoms in total. The Kier molecular flexibility index (Phi) is 3.10. The fourth-order valence-corrected chi connectivity index (χ4v) is 1.91. The second kappa shape index (κ2) is 4.53. The molecule has 0 unspecified atom stereocenters. The van der Waals surface area contributed by atoms with Crippen molar-refractivity contribution >= 4 is 5.91 Å². The van der Waals surface area contributed by atoms with Gasteiger partial charge in [-0.25, -0.2) is 0 Å². The van der Waals surface area contributed by atoms with E-state index in [9.17, 15) is 4.79 Å². The average Bonchev–Trinajstić information content (AvgIpc) is 2.30. The van der Waals surface area contributed by atoms with Crippen molar-refractivity contribution in [2.75, 3.05) is 19.6 Å². The van der Waals surface area contributed by atoms with Crippen LogP contribution >= 0.6 is 0 Å². The lowest BCUT2D eigenvalue weighted by molar-refractivity contribution is 0.0656. The Morgan fingerprint density at radius 2 is 2.12 bits per heavy atom. The molecule has 2 rings (SSSR count). The fourth-order valence-electron chi connectivity index (χ4n) is 1.91. The van der Waals surface area contributed by atoms with Gasteiger partial charge in [-0.2, -0.15) is 0 Å². The van der Waals surface area contributed by atoms with Crippen molar-refractivity contribution in [3.05, 3.63) is 29.8 Å². The highest BCUT2D eigenvalue weighted by Gasteiger charge is 2.23. The summed E-state index contributed by atoms with van der Waals surface area (Å²) in [5.41, 5.74) is 0.631. The average molecular weight is 220 g/mol. The number of carbonyl (C=O) groups excluding carboxylic acids is 1. The number of piperazine rings is 1. The molecule has 1 aromatic rings. The molecule has 4 heteroatoms. The number of benzene rings is 1. The maximum atomic E-state index is 12.1. The Labute approximate surface area is 94.9 Å². The molecule has 16 heavy (non-hydrogen) atoms. The predicted molar refractivity (Wildman–Crippen MR) is 61.5 cm³/mol. The van der Waals surface area contributed by atoms with E-state index in [-0.39, 0.29) is 17.7 Å². The molecular weight excluding hydrogens is 204 g/mol. The van der Waals surface area contributed by atoms with Gasteiger partial charge in [0.25, 0.3) is 5.91 Å². The van der Waals surface area contributed by atoms with E-state index in [0.29, 0.717) is 5.56 Å². The number of aromatic hydroxyl groups is 1. The molecule has 1 heterocycles. The molecule has 1 amide bonds. The zero-order chi connectivity index (χ0) is 11.5. The molecule has 1 fully saturated rings. The van der Waals surface area contributed by atoms with Gasteiger partial charge >= 0.3 is 0 Å². The van der Waals surface area contributed by atoms with Gasteiger partial charge in [-0.15, -0.1) is 0 Å². The zero-order valence-electron chi connectivity index (χ0n) is 9.31. The van der Waals surface area contributed by atoms with Gasteiger partial charge in [0.15, 0.2) is 0 Å². The van der Waals surface area contributed by atoms with Gasteiger partial charge in [0, 0.05) is 31.2 Å². The molecule has 0 radical (unpaired) electrons. The van der Waals surface area contributed by atoms with E-state index in [1.165, 1.54) is 0 Å². The number of phenols is 1. The Morgan fingerprint density at radius 1 is 1.44 bits per heavy atom. The monoisotopic (exact) mass is 220 g/mol. The third-order valence-corrected chi connectivity index (χ3v) is 2.88. The molecule has 2 N–H and O–H groups in total. The topological polar surface area (TPSA) is 52.6 Å². The maximum Gasteiger partial charge on any atom is 0.254 e. The minimum absolute atomic E-state index is 0.0361. The lowest BCUT2D eigenvalue weighted by Gasteiger charge is -2.34. The van der Waals surface area contributed by atoms with E-state index in [2.05, 4.69) is 5.32 Å². The van der Waals surface area contributed by atoms with Crippen LogP contribution in [0.15, 0.2) is 24.3 Å². The number of nitrogens with zero attached hydrogens (tertiary/aromatic N) is 1. The van der Waals surface area contributed by atoms with Crippen molar-refractivity contribution in [2.45, 2.75) is 13.0 Å². The highest BCUT2D eigenvalue weighted by atomic mass is 16.3. The molecule has 86 valence electrons. The molecule has 1 atom stereocenters. The van der Waals surface area contributed by atoms with Gasteiger partial charge in [0.05, 0.1) is 0 Å². The third-order valence-electron chi connectivity index (χ3n) is 2.88. The Balaban J connectivity index is 2.14. The molecule has 0 spiro atoms. The molecule has 0 saturated carbocycles. The molecule has 1 aliphatic heterocycles. The molecule has 0 aliphatic carbocycles. The molecule has 1 aliphatic rings. The number of hydrogen-bond donors (Lipinski definition) is 2. The standard InChI is InChI=1S/C12H16N2O2/c1-9-8-13-6-7-14(9)12(16)10-2-4-11(15)5-3-10/h2-5,9,13,15H,6-8H2,1H3/t9-/m0/s1. The van der Waals surface area contributed by atoms with Gasteiger partial charge in [-0.05, 0) is 31.2 Å². The summed E-state index contributed by atoms with van der Waals surface area (Å²) in [5.74, 6) is 0.221. The number of carbonyl (C=O) groups is 1. The highest BCUT2D eigenvalue weighted by molar-refractivity contribution is 5.94. The van der Waals surface area contributed by atoms with Crippen molar-refractivity contribution < 1.29 is 9.90 Å². The van der Waals surface area contributed by atoms with E-state index in [4.69, 9.17) is 5.11 Å². The van der Waals surface area contributed by atoms with Crippen LogP contribution in [0.2, 0.25) is 0 Å². The van der Waals surface area contributed by atoms with Crippen LogP contribution in [0, 0.1) is 0 Å². The van der Waals surface area contributed by atoms with Gasteiger partial charge < -0.3 is 15.3 Å². The minimum Gasteiger partial charge on any atom is -0.508 e. The van der Waals surface area contributed by atoms with Crippen molar-refractivity contribution in [1.29, 1.82) is 0 Å². The lowest BCUT2D eigenvalue weighted by atomic mass is 10.1.